The lowest BCUT2D eigenvalue weighted by Crippen LogP contribution is -2.42. The highest BCUT2D eigenvalue weighted by atomic mass is 35.5. The van der Waals surface area contributed by atoms with Gasteiger partial charge in [-0.2, -0.15) is 4.31 Å². The fourth-order valence-electron chi connectivity index (χ4n) is 4.23. The van der Waals surface area contributed by atoms with E-state index in [4.69, 9.17) is 11.6 Å². The Morgan fingerprint density at radius 1 is 1.06 bits per heavy atom. The minimum atomic E-state index is -3.90. The highest BCUT2D eigenvalue weighted by Gasteiger charge is 2.29. The third-order valence-corrected chi connectivity index (χ3v) is 7.97. The zero-order valence-corrected chi connectivity index (χ0v) is 20.1. The number of fused-ring (bicyclic) bond motifs is 1. The number of benzene rings is 3. The molecule has 0 saturated carbocycles. The van der Waals surface area contributed by atoms with E-state index in [1.54, 1.807) is 48.5 Å². The number of halogens is 1. The monoisotopic (exact) mass is 482 g/mol. The fraction of sp³-hybridized carbons (Fsp3) is 0.269. The summed E-state index contributed by atoms with van der Waals surface area (Å²) >= 11 is 6.11. The molecule has 4 rings (SSSR count). The van der Waals surface area contributed by atoms with Crippen LogP contribution >= 0.6 is 11.6 Å². The van der Waals surface area contributed by atoms with E-state index in [0.717, 1.165) is 30.4 Å². The second kappa shape index (κ2) is 10.1. The van der Waals surface area contributed by atoms with E-state index >= 15 is 0 Å². The van der Waals surface area contributed by atoms with Crippen LogP contribution < -0.4 is 5.32 Å². The van der Waals surface area contributed by atoms with E-state index in [0.29, 0.717) is 10.6 Å². The van der Waals surface area contributed by atoms with Crippen molar-refractivity contribution in [1.82, 2.24) is 9.62 Å². The molecule has 172 valence electrons. The molecule has 0 bridgehead atoms. The number of hydrogen-bond donors (Lipinski definition) is 1. The Hall–Kier alpha value is -2.67. The smallest absolute Gasteiger partial charge is 0.243 e. The quantitative estimate of drug-likeness (QED) is 0.513. The minimum Gasteiger partial charge on any atom is -0.348 e. The van der Waals surface area contributed by atoms with Gasteiger partial charge in [-0.15, -0.1) is 0 Å². The zero-order valence-electron chi connectivity index (χ0n) is 18.5. The lowest BCUT2D eigenvalue weighted by atomic mass is 9.88. The van der Waals surface area contributed by atoms with Gasteiger partial charge in [0.1, 0.15) is 0 Å². The van der Waals surface area contributed by atoms with Crippen LogP contribution in [0.5, 0.6) is 0 Å². The van der Waals surface area contributed by atoms with Gasteiger partial charge in [0.05, 0.1) is 17.5 Å². The second-order valence-electron chi connectivity index (χ2n) is 8.43. The molecule has 3 aromatic rings. The number of carbonyl (C=O) groups excluding carboxylic acids is 1. The number of rotatable bonds is 7. The second-order valence-corrected chi connectivity index (χ2v) is 10.8. The Morgan fingerprint density at radius 3 is 2.58 bits per heavy atom. The molecule has 7 heteroatoms. The maximum Gasteiger partial charge on any atom is 0.243 e. The predicted molar refractivity (Wildman–Crippen MR) is 130 cm³/mol. The lowest BCUT2D eigenvalue weighted by molar-refractivity contribution is -0.122. The zero-order chi connectivity index (χ0) is 23.4. The fourth-order valence-corrected chi connectivity index (χ4v) is 5.83. The SMILES string of the molecule is Cc1ccc(S(=O)(=O)N(CC(=O)N[C@H]2CCCc3ccccc32)Cc2cccc(Cl)c2)cc1. The van der Waals surface area contributed by atoms with Gasteiger partial charge in [-0.1, -0.05) is 65.7 Å². The average Bonchev–Trinajstić information content (AvgIpc) is 2.79. The van der Waals surface area contributed by atoms with Crippen molar-refractivity contribution < 1.29 is 13.2 Å². The van der Waals surface area contributed by atoms with Gasteiger partial charge in [0.2, 0.25) is 15.9 Å². The third-order valence-electron chi connectivity index (χ3n) is 5.93. The summed E-state index contributed by atoms with van der Waals surface area (Å²) in [5.41, 5.74) is 4.02. The molecule has 3 aromatic carbocycles. The summed E-state index contributed by atoms with van der Waals surface area (Å²) in [6, 6.07) is 21.7. The third kappa shape index (κ3) is 5.64. The number of sulfonamides is 1. The number of amides is 1. The van der Waals surface area contributed by atoms with E-state index in [1.165, 1.54) is 9.87 Å². The molecule has 0 aliphatic heterocycles. The molecule has 33 heavy (non-hydrogen) atoms. The van der Waals surface area contributed by atoms with E-state index in [-0.39, 0.29) is 29.9 Å². The summed E-state index contributed by atoms with van der Waals surface area (Å²) in [5, 5.41) is 3.58. The number of nitrogens with zero attached hydrogens (tertiary/aromatic N) is 1. The van der Waals surface area contributed by atoms with Crippen molar-refractivity contribution in [2.24, 2.45) is 0 Å². The Kier molecular flexibility index (Phi) is 7.17. The average molecular weight is 483 g/mol. The summed E-state index contributed by atoms with van der Waals surface area (Å²) in [5.74, 6) is -0.325. The topological polar surface area (TPSA) is 66.5 Å². The molecular formula is C26H27ClN2O3S. The molecular weight excluding hydrogens is 456 g/mol. The van der Waals surface area contributed by atoms with Crippen LogP contribution in [0.15, 0.2) is 77.7 Å². The molecule has 1 amide bonds. The van der Waals surface area contributed by atoms with Gasteiger partial charge >= 0.3 is 0 Å². The van der Waals surface area contributed by atoms with Gasteiger partial charge in [0.25, 0.3) is 0 Å². The molecule has 0 fully saturated rings. The Balaban J connectivity index is 1.58. The number of hydrogen-bond acceptors (Lipinski definition) is 3. The molecule has 1 N–H and O–H groups in total. The van der Waals surface area contributed by atoms with Crippen LogP contribution in [0, 0.1) is 6.92 Å². The first kappa shape index (κ1) is 23.5. The molecule has 0 spiro atoms. The van der Waals surface area contributed by atoms with Gasteiger partial charge < -0.3 is 5.32 Å². The van der Waals surface area contributed by atoms with Gasteiger partial charge in [0, 0.05) is 11.6 Å². The van der Waals surface area contributed by atoms with Crippen LogP contribution in [0.25, 0.3) is 0 Å². The molecule has 1 aliphatic rings. The van der Waals surface area contributed by atoms with E-state index in [1.807, 2.05) is 25.1 Å². The molecule has 1 aliphatic carbocycles. The lowest BCUT2D eigenvalue weighted by Gasteiger charge is -2.28. The molecule has 0 radical (unpaired) electrons. The first-order valence-corrected chi connectivity index (χ1v) is 12.8. The van der Waals surface area contributed by atoms with Gasteiger partial charge in [0.15, 0.2) is 0 Å². The maximum atomic E-state index is 13.5. The van der Waals surface area contributed by atoms with Crippen LogP contribution in [0.2, 0.25) is 5.02 Å². The molecule has 0 unspecified atom stereocenters. The van der Waals surface area contributed by atoms with Crippen molar-refractivity contribution in [3.05, 3.63) is 100 Å². The normalized spacial score (nSPS) is 15.8. The van der Waals surface area contributed by atoms with Crippen molar-refractivity contribution in [3.8, 4) is 0 Å². The van der Waals surface area contributed by atoms with Crippen LogP contribution in [0.4, 0.5) is 0 Å². The van der Waals surface area contributed by atoms with Gasteiger partial charge in [-0.05, 0) is 67.1 Å². The maximum absolute atomic E-state index is 13.5. The molecule has 0 aromatic heterocycles. The standard InChI is InChI=1S/C26H27ClN2O3S/c1-19-12-14-23(15-13-19)33(31,32)29(17-20-6-4-9-22(27)16-20)18-26(30)28-25-11-5-8-21-7-2-3-10-24(21)25/h2-4,6-7,9-10,12-16,25H,5,8,11,17-18H2,1H3,(H,28,30)/t25-/m0/s1. The van der Waals surface area contributed by atoms with Crippen LogP contribution in [-0.4, -0.2) is 25.2 Å². The largest absolute Gasteiger partial charge is 0.348 e. The number of aryl methyl sites for hydroxylation is 2. The van der Waals surface area contributed by atoms with Crippen molar-refractivity contribution in [2.75, 3.05) is 6.54 Å². The summed E-state index contributed by atoms with van der Waals surface area (Å²) in [6.07, 6.45) is 2.81. The first-order valence-electron chi connectivity index (χ1n) is 11.0. The van der Waals surface area contributed by atoms with E-state index in [9.17, 15) is 13.2 Å². The van der Waals surface area contributed by atoms with Crippen molar-refractivity contribution in [3.63, 3.8) is 0 Å². The first-order chi connectivity index (χ1) is 15.8. The van der Waals surface area contributed by atoms with Crippen LogP contribution in [0.1, 0.15) is 41.1 Å². The Morgan fingerprint density at radius 2 is 1.82 bits per heavy atom. The highest BCUT2D eigenvalue weighted by Crippen LogP contribution is 2.29. The van der Waals surface area contributed by atoms with Crippen molar-refractivity contribution >= 4 is 27.5 Å². The Bertz CT molecular complexity index is 1240. The van der Waals surface area contributed by atoms with Crippen molar-refractivity contribution in [2.45, 2.75) is 43.7 Å². The Labute approximate surface area is 200 Å². The molecule has 1 atom stereocenters. The summed E-state index contributed by atoms with van der Waals surface area (Å²) in [6.45, 7) is 1.67. The summed E-state index contributed by atoms with van der Waals surface area (Å²) in [7, 11) is -3.90. The summed E-state index contributed by atoms with van der Waals surface area (Å²) in [4.78, 5) is 13.2. The van der Waals surface area contributed by atoms with Crippen molar-refractivity contribution in [1.29, 1.82) is 0 Å². The predicted octanol–water partition coefficient (Wildman–Crippen LogP) is 5.03. The van der Waals surface area contributed by atoms with Crippen LogP contribution in [0.3, 0.4) is 0 Å². The number of carbonyl (C=O) groups is 1. The van der Waals surface area contributed by atoms with E-state index in [2.05, 4.69) is 11.4 Å². The molecule has 0 saturated heterocycles. The van der Waals surface area contributed by atoms with Gasteiger partial charge in [-0.3, -0.25) is 4.79 Å². The van der Waals surface area contributed by atoms with Crippen LogP contribution in [-0.2, 0) is 27.8 Å². The molecule has 5 nitrogen and oxygen atoms in total. The molecule has 0 heterocycles. The summed E-state index contributed by atoms with van der Waals surface area (Å²) < 4.78 is 28.2. The highest BCUT2D eigenvalue weighted by molar-refractivity contribution is 7.89. The minimum absolute atomic E-state index is 0.0471. The van der Waals surface area contributed by atoms with E-state index < -0.39 is 10.0 Å². The number of nitrogens with one attached hydrogen (secondary N) is 1. The van der Waals surface area contributed by atoms with Gasteiger partial charge in [-0.25, -0.2) is 8.42 Å².